The molecule has 4 rings (SSSR count). The van der Waals surface area contributed by atoms with Crippen molar-refractivity contribution in [2.24, 2.45) is 7.05 Å². The van der Waals surface area contributed by atoms with Crippen molar-refractivity contribution >= 4 is 33.2 Å². The van der Waals surface area contributed by atoms with E-state index in [9.17, 15) is 18.4 Å². The normalized spacial score (nSPS) is 12.3. The second-order valence-electron chi connectivity index (χ2n) is 6.44. The fourth-order valence-electron chi connectivity index (χ4n) is 3.09. The first-order chi connectivity index (χ1) is 13.9. The molecule has 0 fully saturated rings. The van der Waals surface area contributed by atoms with Crippen LogP contribution in [0.2, 0.25) is 0 Å². The molecule has 2 aromatic heterocycles. The molecule has 29 heavy (non-hydrogen) atoms. The highest BCUT2D eigenvalue weighted by molar-refractivity contribution is 7.19. The number of aromatic nitrogens is 2. The van der Waals surface area contributed by atoms with Crippen LogP contribution >= 0.6 is 11.3 Å². The molecule has 3 nitrogen and oxygen atoms in total. The van der Waals surface area contributed by atoms with Gasteiger partial charge in [0.25, 0.3) is 0 Å². The number of benzene rings is 2. The predicted octanol–water partition coefficient (Wildman–Crippen LogP) is 6.38. The third kappa shape index (κ3) is 3.67. The maximum atomic E-state index is 13.0. The van der Waals surface area contributed by atoms with Gasteiger partial charge in [0, 0.05) is 18.4 Å². The first-order valence-corrected chi connectivity index (χ1v) is 9.49. The topological polar surface area (TPSA) is 41.6 Å². The summed E-state index contributed by atoms with van der Waals surface area (Å²) in [6.07, 6.45) is -2.69. The number of nitriles is 1. The van der Waals surface area contributed by atoms with Crippen LogP contribution in [-0.4, -0.2) is 9.55 Å². The summed E-state index contributed by atoms with van der Waals surface area (Å²) >= 11 is 1.43. The number of fused-ring (bicyclic) bond motifs is 1. The third-order valence-electron chi connectivity index (χ3n) is 4.58. The molecule has 0 aliphatic rings. The number of thiazole rings is 1. The van der Waals surface area contributed by atoms with Gasteiger partial charge < -0.3 is 4.57 Å². The molecule has 0 saturated carbocycles. The molecule has 0 atom stereocenters. The van der Waals surface area contributed by atoms with Crippen LogP contribution in [0.3, 0.4) is 0 Å². The molecular formula is C22H14F3N3S. The van der Waals surface area contributed by atoms with Crippen LogP contribution in [-0.2, 0) is 13.2 Å². The summed E-state index contributed by atoms with van der Waals surface area (Å²) in [5, 5.41) is 10.2. The van der Waals surface area contributed by atoms with Crippen molar-refractivity contribution in [1.29, 1.82) is 5.26 Å². The lowest BCUT2D eigenvalue weighted by Gasteiger charge is -2.10. The Balaban J connectivity index is 1.74. The van der Waals surface area contributed by atoms with Crippen molar-refractivity contribution in [2.45, 2.75) is 6.18 Å². The third-order valence-corrected chi connectivity index (χ3v) is 5.65. The minimum absolute atomic E-state index is 0.406. The van der Waals surface area contributed by atoms with Gasteiger partial charge in [0.2, 0.25) is 0 Å². The van der Waals surface area contributed by atoms with Crippen molar-refractivity contribution in [2.75, 3.05) is 0 Å². The van der Waals surface area contributed by atoms with Gasteiger partial charge in [0.1, 0.15) is 11.1 Å². The maximum Gasteiger partial charge on any atom is 0.416 e. The van der Waals surface area contributed by atoms with E-state index in [1.54, 1.807) is 35.9 Å². The molecule has 0 unspecified atom stereocenters. The van der Waals surface area contributed by atoms with E-state index in [0.717, 1.165) is 22.3 Å². The number of hydrogen-bond acceptors (Lipinski definition) is 3. The van der Waals surface area contributed by atoms with Crippen LogP contribution < -0.4 is 0 Å². The van der Waals surface area contributed by atoms with E-state index in [4.69, 9.17) is 0 Å². The molecule has 2 heterocycles. The van der Waals surface area contributed by atoms with Crippen molar-refractivity contribution < 1.29 is 13.2 Å². The Morgan fingerprint density at radius 2 is 1.90 bits per heavy atom. The number of rotatable bonds is 3. The van der Waals surface area contributed by atoms with Crippen LogP contribution in [0.4, 0.5) is 13.2 Å². The molecule has 0 radical (unpaired) electrons. The highest BCUT2D eigenvalue weighted by Gasteiger charge is 2.30. The van der Waals surface area contributed by atoms with E-state index >= 15 is 0 Å². The summed E-state index contributed by atoms with van der Waals surface area (Å²) in [7, 11) is 1.76. The monoisotopic (exact) mass is 409 g/mol. The molecule has 144 valence electrons. The van der Waals surface area contributed by atoms with Crippen molar-refractivity contribution in [3.63, 3.8) is 0 Å². The van der Waals surface area contributed by atoms with E-state index in [1.807, 2.05) is 24.3 Å². The quantitative estimate of drug-likeness (QED) is 0.368. The Kier molecular flexibility index (Phi) is 4.73. The Morgan fingerprint density at radius 1 is 1.10 bits per heavy atom. The Morgan fingerprint density at radius 3 is 2.62 bits per heavy atom. The van der Waals surface area contributed by atoms with Gasteiger partial charge in [-0.25, -0.2) is 4.98 Å². The Bertz CT molecular complexity index is 1240. The second kappa shape index (κ2) is 7.22. The Hall–Kier alpha value is -3.37. The summed E-state index contributed by atoms with van der Waals surface area (Å²) in [6, 6.07) is 18.5. The molecule has 0 N–H and O–H groups in total. The van der Waals surface area contributed by atoms with Crippen molar-refractivity contribution in [3.05, 3.63) is 76.9 Å². The fourth-order valence-corrected chi connectivity index (χ4v) is 4.03. The zero-order valence-corrected chi connectivity index (χ0v) is 16.1. The highest BCUT2D eigenvalue weighted by Crippen LogP contribution is 2.33. The minimum Gasteiger partial charge on any atom is -0.344 e. The molecule has 0 spiro atoms. The van der Waals surface area contributed by atoms with Crippen LogP contribution in [0.5, 0.6) is 0 Å². The summed E-state index contributed by atoms with van der Waals surface area (Å²) in [5.74, 6) is 0. The molecule has 0 saturated heterocycles. The first-order valence-electron chi connectivity index (χ1n) is 8.68. The maximum absolute atomic E-state index is 13.0. The van der Waals surface area contributed by atoms with Gasteiger partial charge >= 0.3 is 6.18 Å². The molecule has 0 bridgehead atoms. The standard InChI is InChI=1S/C22H14F3N3S/c1-28-17(9-10-19(28)14-5-4-6-16(11-14)22(23,24)25)12-15(13-26)21-27-18-7-2-3-8-20(18)29-21/h2-12H,1H3/b15-12+. The van der Waals surface area contributed by atoms with Crippen LogP contribution in [0.25, 0.3) is 33.1 Å². The largest absolute Gasteiger partial charge is 0.416 e. The number of allylic oxidation sites excluding steroid dienone is 1. The Labute approximate surface area is 169 Å². The number of hydrogen-bond donors (Lipinski definition) is 0. The zero-order valence-electron chi connectivity index (χ0n) is 15.2. The van der Waals surface area contributed by atoms with Gasteiger partial charge in [-0.05, 0) is 48.0 Å². The van der Waals surface area contributed by atoms with E-state index in [0.29, 0.717) is 27.5 Å². The molecule has 0 aliphatic carbocycles. The smallest absolute Gasteiger partial charge is 0.344 e. The van der Waals surface area contributed by atoms with Gasteiger partial charge in [-0.15, -0.1) is 11.3 Å². The molecule has 0 amide bonds. The fraction of sp³-hybridized carbons (Fsp3) is 0.0909. The average molecular weight is 409 g/mol. The van der Waals surface area contributed by atoms with E-state index in [-0.39, 0.29) is 0 Å². The summed E-state index contributed by atoms with van der Waals surface area (Å²) < 4.78 is 41.8. The SMILES string of the molecule is Cn1c(/C=C(\C#N)c2nc3ccccc3s2)ccc1-c1cccc(C(F)(F)F)c1. The van der Waals surface area contributed by atoms with E-state index in [1.165, 1.54) is 17.4 Å². The van der Waals surface area contributed by atoms with E-state index in [2.05, 4.69) is 11.1 Å². The van der Waals surface area contributed by atoms with Crippen LogP contribution in [0.15, 0.2) is 60.7 Å². The highest BCUT2D eigenvalue weighted by atomic mass is 32.1. The zero-order chi connectivity index (χ0) is 20.6. The number of nitrogens with zero attached hydrogens (tertiary/aromatic N) is 3. The van der Waals surface area contributed by atoms with Gasteiger partial charge in [0.05, 0.1) is 21.4 Å². The molecule has 4 aromatic rings. The average Bonchev–Trinajstić information content (AvgIpc) is 3.29. The second-order valence-corrected chi connectivity index (χ2v) is 7.47. The minimum atomic E-state index is -4.40. The van der Waals surface area contributed by atoms with Gasteiger partial charge in [0.15, 0.2) is 0 Å². The summed E-state index contributed by atoms with van der Waals surface area (Å²) in [6.45, 7) is 0. The number of halogens is 3. The van der Waals surface area contributed by atoms with Crippen molar-refractivity contribution in [1.82, 2.24) is 9.55 Å². The van der Waals surface area contributed by atoms with Gasteiger partial charge in [-0.1, -0.05) is 24.3 Å². The number of para-hydroxylation sites is 1. The van der Waals surface area contributed by atoms with Gasteiger partial charge in [-0.3, -0.25) is 0 Å². The van der Waals surface area contributed by atoms with Gasteiger partial charge in [-0.2, -0.15) is 18.4 Å². The molecule has 0 aliphatic heterocycles. The summed E-state index contributed by atoms with van der Waals surface area (Å²) in [5.41, 5.74) is 2.33. The lowest BCUT2D eigenvalue weighted by atomic mass is 10.1. The predicted molar refractivity (Wildman–Crippen MR) is 109 cm³/mol. The molecular weight excluding hydrogens is 395 g/mol. The lowest BCUT2D eigenvalue weighted by molar-refractivity contribution is -0.137. The van der Waals surface area contributed by atoms with Crippen LogP contribution in [0, 0.1) is 11.3 Å². The first kappa shape index (κ1) is 19.0. The lowest BCUT2D eigenvalue weighted by Crippen LogP contribution is -2.05. The van der Waals surface area contributed by atoms with Crippen molar-refractivity contribution in [3.8, 4) is 17.3 Å². The molecule has 2 aromatic carbocycles. The number of alkyl halides is 3. The van der Waals surface area contributed by atoms with Crippen LogP contribution in [0.1, 0.15) is 16.3 Å². The van der Waals surface area contributed by atoms with E-state index < -0.39 is 11.7 Å². The molecule has 7 heteroatoms. The summed E-state index contributed by atoms with van der Waals surface area (Å²) in [4.78, 5) is 4.51.